The van der Waals surface area contributed by atoms with Gasteiger partial charge in [0.05, 0.1) is 30.1 Å². The van der Waals surface area contributed by atoms with Gasteiger partial charge in [-0.05, 0) is 37.1 Å². The lowest BCUT2D eigenvalue weighted by Gasteiger charge is -2.44. The summed E-state index contributed by atoms with van der Waals surface area (Å²) in [5.74, 6) is -2.47. The van der Waals surface area contributed by atoms with E-state index in [1.54, 1.807) is 26.0 Å². The fourth-order valence-corrected chi connectivity index (χ4v) is 3.71. The SMILES string of the molecule is C=CC[C@H](C)C(=O)O[C@@H]1[C@H](OC(=O)[C@@H](C)CC=C)[C@@H](OC)O[C@H](CO)[C@H]1OC(=O)Nc1ccc(C#N)cc1. The maximum Gasteiger partial charge on any atom is 0.412 e. The molecule has 1 amide bonds. The van der Waals surface area contributed by atoms with Crippen LogP contribution in [0.1, 0.15) is 32.3 Å². The molecule has 0 radical (unpaired) electrons. The van der Waals surface area contributed by atoms with Crippen LogP contribution in [0.3, 0.4) is 0 Å². The Morgan fingerprint density at radius 1 is 1.03 bits per heavy atom. The second-order valence-electron chi connectivity index (χ2n) is 8.80. The molecule has 1 aliphatic rings. The van der Waals surface area contributed by atoms with Gasteiger partial charge in [0.25, 0.3) is 0 Å². The van der Waals surface area contributed by atoms with Gasteiger partial charge in [0, 0.05) is 12.8 Å². The summed E-state index contributed by atoms with van der Waals surface area (Å²) in [6.07, 6.45) is -3.69. The third-order valence-electron chi connectivity index (χ3n) is 5.86. The molecule has 0 bridgehead atoms. The van der Waals surface area contributed by atoms with E-state index < -0.39 is 67.2 Å². The molecule has 0 spiro atoms. The van der Waals surface area contributed by atoms with Crippen LogP contribution in [0.15, 0.2) is 49.6 Å². The number of amides is 1. The molecule has 0 unspecified atom stereocenters. The normalized spacial score (nSPS) is 24.1. The number of rotatable bonds is 12. The lowest BCUT2D eigenvalue weighted by molar-refractivity contribution is -0.300. The first kappa shape index (κ1) is 30.5. The van der Waals surface area contributed by atoms with E-state index in [0.717, 1.165) is 0 Å². The molecule has 1 saturated heterocycles. The predicted molar refractivity (Wildman–Crippen MR) is 136 cm³/mol. The summed E-state index contributed by atoms with van der Waals surface area (Å²) < 4.78 is 28.0. The Kier molecular flexibility index (Phi) is 11.9. The Morgan fingerprint density at radius 2 is 1.58 bits per heavy atom. The summed E-state index contributed by atoms with van der Waals surface area (Å²) in [5, 5.41) is 21.5. The first-order valence-corrected chi connectivity index (χ1v) is 12.1. The highest BCUT2D eigenvalue weighted by atomic mass is 16.7. The number of carbonyl (C=O) groups excluding carboxylic acids is 3. The van der Waals surface area contributed by atoms with Gasteiger partial charge in [0.2, 0.25) is 0 Å². The minimum atomic E-state index is -1.38. The van der Waals surface area contributed by atoms with Gasteiger partial charge < -0.3 is 28.8 Å². The lowest BCUT2D eigenvalue weighted by Crippen LogP contribution is -2.63. The number of ether oxygens (including phenoxy) is 5. The maximum absolute atomic E-state index is 12.9. The van der Waals surface area contributed by atoms with Crippen molar-refractivity contribution in [3.63, 3.8) is 0 Å². The van der Waals surface area contributed by atoms with E-state index in [1.165, 1.54) is 31.4 Å². The van der Waals surface area contributed by atoms with E-state index in [9.17, 15) is 19.5 Å². The van der Waals surface area contributed by atoms with E-state index in [4.69, 9.17) is 28.9 Å². The zero-order valence-electron chi connectivity index (χ0n) is 21.7. The molecule has 0 aromatic heterocycles. The number of nitrogens with one attached hydrogen (secondary N) is 1. The molecule has 1 heterocycles. The van der Waals surface area contributed by atoms with E-state index >= 15 is 0 Å². The third-order valence-corrected chi connectivity index (χ3v) is 5.86. The van der Waals surface area contributed by atoms with Crippen LogP contribution in [0.5, 0.6) is 0 Å². The van der Waals surface area contributed by atoms with Gasteiger partial charge in [-0.25, -0.2) is 4.79 Å². The van der Waals surface area contributed by atoms with Crippen LogP contribution in [0, 0.1) is 23.2 Å². The number of benzene rings is 1. The average Bonchev–Trinajstić information content (AvgIpc) is 2.90. The molecule has 206 valence electrons. The summed E-state index contributed by atoms with van der Waals surface area (Å²) in [6.45, 7) is 9.88. The zero-order valence-corrected chi connectivity index (χ0v) is 21.7. The van der Waals surface area contributed by atoms with Gasteiger partial charge >= 0.3 is 18.0 Å². The highest BCUT2D eigenvalue weighted by molar-refractivity contribution is 5.85. The molecule has 11 nitrogen and oxygen atoms in total. The number of carbonyl (C=O) groups is 3. The standard InChI is InChI=1S/C27H34N2O9/c1-6-8-16(3)24(31)36-22-21(38-27(33)29-19-12-10-18(14-28)11-13-19)20(15-30)35-26(34-5)23(22)37-25(32)17(4)9-7-2/h6-7,10-13,16-17,20-23,26,30H,1-2,8-9,15H2,3-5H3,(H,29,33)/t16-,17-,20+,21+,22-,23-,26-/m0/s1. The monoisotopic (exact) mass is 530 g/mol. The Hall–Kier alpha value is -3.72. The van der Waals surface area contributed by atoms with Crippen LogP contribution in [-0.4, -0.2) is 67.6 Å². The number of nitriles is 1. The molecule has 2 N–H and O–H groups in total. The topological polar surface area (TPSA) is 153 Å². The van der Waals surface area contributed by atoms with Gasteiger partial charge in [-0.2, -0.15) is 5.26 Å². The number of esters is 2. The number of methoxy groups -OCH3 is 1. The average molecular weight is 531 g/mol. The molecule has 2 rings (SSSR count). The summed E-state index contributed by atoms with van der Waals surface area (Å²) in [5.41, 5.74) is 0.724. The largest absolute Gasteiger partial charge is 0.454 e. The van der Waals surface area contributed by atoms with Gasteiger partial charge in [0.15, 0.2) is 24.6 Å². The predicted octanol–water partition coefficient (Wildman–Crippen LogP) is 3.09. The van der Waals surface area contributed by atoms with Crippen molar-refractivity contribution in [2.75, 3.05) is 19.0 Å². The summed E-state index contributed by atoms with van der Waals surface area (Å²) in [6, 6.07) is 7.99. The lowest BCUT2D eigenvalue weighted by atomic mass is 9.97. The van der Waals surface area contributed by atoms with Gasteiger partial charge in [-0.3, -0.25) is 14.9 Å². The molecule has 1 fully saturated rings. The van der Waals surface area contributed by atoms with Crippen molar-refractivity contribution in [3.05, 3.63) is 55.1 Å². The molecule has 1 aromatic rings. The Balaban J connectivity index is 2.38. The summed E-state index contributed by atoms with van der Waals surface area (Å²) in [4.78, 5) is 38.5. The van der Waals surface area contributed by atoms with Gasteiger partial charge in [0.1, 0.15) is 6.10 Å². The first-order chi connectivity index (χ1) is 18.2. The molecule has 38 heavy (non-hydrogen) atoms. The van der Waals surface area contributed by atoms with Crippen molar-refractivity contribution in [2.45, 2.75) is 57.4 Å². The van der Waals surface area contributed by atoms with Crippen LogP contribution >= 0.6 is 0 Å². The van der Waals surface area contributed by atoms with Crippen molar-refractivity contribution in [3.8, 4) is 6.07 Å². The van der Waals surface area contributed by atoms with Crippen LogP contribution < -0.4 is 5.32 Å². The number of allylic oxidation sites excluding steroid dienone is 2. The van der Waals surface area contributed by atoms with Crippen LogP contribution in [0.25, 0.3) is 0 Å². The summed E-state index contributed by atoms with van der Waals surface area (Å²) >= 11 is 0. The fourth-order valence-electron chi connectivity index (χ4n) is 3.71. The van der Waals surface area contributed by atoms with E-state index in [2.05, 4.69) is 18.5 Å². The second kappa shape index (κ2) is 14.9. The highest BCUT2D eigenvalue weighted by Gasteiger charge is 2.53. The molecular weight excluding hydrogens is 496 g/mol. The molecule has 7 atom stereocenters. The Morgan fingerprint density at radius 3 is 2.05 bits per heavy atom. The molecule has 1 aliphatic heterocycles. The van der Waals surface area contributed by atoms with Gasteiger partial charge in [-0.15, -0.1) is 13.2 Å². The van der Waals surface area contributed by atoms with Gasteiger partial charge in [-0.1, -0.05) is 26.0 Å². The maximum atomic E-state index is 12.9. The number of hydrogen-bond donors (Lipinski definition) is 2. The van der Waals surface area contributed by atoms with E-state index in [1.807, 2.05) is 6.07 Å². The Bertz CT molecular complexity index is 1020. The number of hydrogen-bond acceptors (Lipinski definition) is 10. The minimum Gasteiger partial charge on any atom is -0.454 e. The van der Waals surface area contributed by atoms with Crippen LogP contribution in [0.2, 0.25) is 0 Å². The van der Waals surface area contributed by atoms with E-state index in [0.29, 0.717) is 24.1 Å². The van der Waals surface area contributed by atoms with Crippen molar-refractivity contribution in [2.24, 2.45) is 11.8 Å². The van der Waals surface area contributed by atoms with Crippen LogP contribution in [0.4, 0.5) is 10.5 Å². The molecule has 11 heteroatoms. The third kappa shape index (κ3) is 8.14. The Labute approximate surface area is 221 Å². The molecule has 1 aromatic carbocycles. The molecule has 0 aliphatic carbocycles. The van der Waals surface area contributed by atoms with Crippen LogP contribution in [-0.2, 0) is 33.3 Å². The number of aliphatic hydroxyl groups excluding tert-OH is 1. The number of aliphatic hydroxyl groups is 1. The highest BCUT2D eigenvalue weighted by Crippen LogP contribution is 2.31. The van der Waals surface area contributed by atoms with Crippen molar-refractivity contribution in [1.82, 2.24) is 0 Å². The number of nitrogens with zero attached hydrogens (tertiary/aromatic N) is 1. The quantitative estimate of drug-likeness (QED) is 0.234. The number of anilines is 1. The zero-order chi connectivity index (χ0) is 28.2. The van der Waals surface area contributed by atoms with E-state index in [-0.39, 0.29) is 0 Å². The minimum absolute atomic E-state index is 0.310. The summed E-state index contributed by atoms with van der Waals surface area (Å²) in [7, 11) is 1.30. The second-order valence-corrected chi connectivity index (χ2v) is 8.80. The molecule has 0 saturated carbocycles. The smallest absolute Gasteiger partial charge is 0.412 e. The van der Waals surface area contributed by atoms with Crippen molar-refractivity contribution in [1.29, 1.82) is 5.26 Å². The first-order valence-electron chi connectivity index (χ1n) is 12.1. The van der Waals surface area contributed by atoms with Crippen molar-refractivity contribution < 1.29 is 43.2 Å². The van der Waals surface area contributed by atoms with Crippen molar-refractivity contribution >= 4 is 23.7 Å². The molecular formula is C27H34N2O9. The fraction of sp³-hybridized carbons (Fsp3) is 0.481.